The van der Waals surface area contributed by atoms with Crippen LogP contribution in [-0.2, 0) is 0 Å². The maximum Gasteiger partial charge on any atom is 0.289 e. The standard InChI is InChI=1S/C20H18N4O2/c1-26-19-12-6-5-10-16(19)11-7-13-21-24-20(25)18-14-17(22-23-18)15-8-3-2-4-9-15/h2-14H,1H3,(H,22,23)(H,24,25)/b11-7+,21-13-. The van der Waals surface area contributed by atoms with Crippen molar-refractivity contribution in [1.82, 2.24) is 15.6 Å². The largest absolute Gasteiger partial charge is 0.496 e. The third kappa shape index (κ3) is 4.24. The summed E-state index contributed by atoms with van der Waals surface area (Å²) in [5.41, 5.74) is 5.36. The number of benzene rings is 2. The zero-order chi connectivity index (χ0) is 18.2. The van der Waals surface area contributed by atoms with E-state index >= 15 is 0 Å². The summed E-state index contributed by atoms with van der Waals surface area (Å²) in [7, 11) is 1.62. The van der Waals surface area contributed by atoms with Crippen LogP contribution in [0.2, 0.25) is 0 Å². The number of aromatic nitrogens is 2. The molecule has 0 spiro atoms. The molecule has 2 aromatic carbocycles. The zero-order valence-corrected chi connectivity index (χ0v) is 14.2. The van der Waals surface area contributed by atoms with Gasteiger partial charge in [0.1, 0.15) is 11.4 Å². The Kier molecular flexibility index (Phi) is 5.57. The monoisotopic (exact) mass is 346 g/mol. The average Bonchev–Trinajstić information content (AvgIpc) is 3.19. The van der Waals surface area contributed by atoms with Gasteiger partial charge >= 0.3 is 0 Å². The van der Waals surface area contributed by atoms with Gasteiger partial charge < -0.3 is 4.74 Å². The first kappa shape index (κ1) is 17.2. The molecule has 0 aliphatic carbocycles. The van der Waals surface area contributed by atoms with Crippen molar-refractivity contribution in [2.24, 2.45) is 5.10 Å². The summed E-state index contributed by atoms with van der Waals surface area (Å²) >= 11 is 0. The smallest absolute Gasteiger partial charge is 0.289 e. The Bertz CT molecular complexity index is 930. The number of carbonyl (C=O) groups is 1. The van der Waals surface area contributed by atoms with Crippen LogP contribution in [0, 0.1) is 0 Å². The molecule has 0 radical (unpaired) electrons. The summed E-state index contributed by atoms with van der Waals surface area (Å²) in [4.78, 5) is 12.1. The van der Waals surface area contributed by atoms with Gasteiger partial charge in [-0.25, -0.2) is 5.43 Å². The van der Waals surface area contributed by atoms with Crippen molar-refractivity contribution in [3.8, 4) is 17.0 Å². The van der Waals surface area contributed by atoms with E-state index in [4.69, 9.17) is 4.74 Å². The molecule has 2 N–H and O–H groups in total. The highest BCUT2D eigenvalue weighted by atomic mass is 16.5. The molecule has 1 heterocycles. The molecule has 1 aromatic heterocycles. The number of hydrogen-bond acceptors (Lipinski definition) is 4. The van der Waals surface area contributed by atoms with E-state index in [0.29, 0.717) is 11.4 Å². The fourth-order valence-electron chi connectivity index (χ4n) is 2.34. The first-order valence-electron chi connectivity index (χ1n) is 8.02. The van der Waals surface area contributed by atoms with E-state index < -0.39 is 0 Å². The Balaban J connectivity index is 1.58. The van der Waals surface area contributed by atoms with Gasteiger partial charge in [-0.05, 0) is 24.3 Å². The van der Waals surface area contributed by atoms with Crippen LogP contribution in [0.5, 0.6) is 5.75 Å². The average molecular weight is 346 g/mol. The number of para-hydroxylation sites is 1. The highest BCUT2D eigenvalue weighted by molar-refractivity contribution is 5.94. The topological polar surface area (TPSA) is 79.4 Å². The molecule has 0 fully saturated rings. The van der Waals surface area contributed by atoms with Crippen LogP contribution in [0.4, 0.5) is 0 Å². The molecule has 0 saturated heterocycles. The summed E-state index contributed by atoms with van der Waals surface area (Å²) in [5.74, 6) is 0.411. The molecule has 0 aliphatic rings. The van der Waals surface area contributed by atoms with Crippen LogP contribution in [-0.4, -0.2) is 29.4 Å². The van der Waals surface area contributed by atoms with E-state index in [0.717, 1.165) is 16.9 Å². The predicted octanol–water partition coefficient (Wildman–Crippen LogP) is 3.51. The highest BCUT2D eigenvalue weighted by Crippen LogP contribution is 2.18. The van der Waals surface area contributed by atoms with Crippen molar-refractivity contribution in [2.45, 2.75) is 0 Å². The lowest BCUT2D eigenvalue weighted by Gasteiger charge is -2.02. The van der Waals surface area contributed by atoms with E-state index in [9.17, 15) is 4.79 Å². The summed E-state index contributed by atoms with van der Waals surface area (Å²) in [6.45, 7) is 0. The molecular weight excluding hydrogens is 328 g/mol. The molecule has 130 valence electrons. The number of rotatable bonds is 6. The van der Waals surface area contributed by atoms with Gasteiger partial charge in [0.15, 0.2) is 0 Å². The fourth-order valence-corrected chi connectivity index (χ4v) is 2.34. The number of nitrogens with zero attached hydrogens (tertiary/aromatic N) is 2. The second-order valence-electron chi connectivity index (χ2n) is 5.35. The van der Waals surface area contributed by atoms with Crippen LogP contribution < -0.4 is 10.2 Å². The Labute approximate surface area is 151 Å². The van der Waals surface area contributed by atoms with Crippen molar-refractivity contribution < 1.29 is 9.53 Å². The van der Waals surface area contributed by atoms with E-state index in [2.05, 4.69) is 20.7 Å². The number of aromatic amines is 1. The molecule has 3 rings (SSSR count). The second kappa shape index (κ2) is 8.43. The van der Waals surface area contributed by atoms with Crippen molar-refractivity contribution in [2.75, 3.05) is 7.11 Å². The SMILES string of the molecule is COc1ccccc1/C=C/C=N\NC(=O)c1cc(-c2ccccc2)n[nH]1. The van der Waals surface area contributed by atoms with Crippen molar-refractivity contribution in [3.05, 3.63) is 78.0 Å². The third-order valence-electron chi connectivity index (χ3n) is 3.63. The number of methoxy groups -OCH3 is 1. The molecule has 0 atom stereocenters. The van der Waals surface area contributed by atoms with Crippen LogP contribution in [0.3, 0.4) is 0 Å². The number of H-pyrrole nitrogens is 1. The molecule has 0 unspecified atom stereocenters. The number of hydrazone groups is 1. The van der Waals surface area contributed by atoms with Crippen LogP contribution in [0.25, 0.3) is 17.3 Å². The number of ether oxygens (including phenoxy) is 1. The van der Waals surface area contributed by atoms with Gasteiger partial charge in [-0.3, -0.25) is 9.89 Å². The Morgan fingerprint density at radius 3 is 2.73 bits per heavy atom. The lowest BCUT2D eigenvalue weighted by atomic mass is 10.1. The lowest BCUT2D eigenvalue weighted by Crippen LogP contribution is -2.17. The minimum absolute atomic E-state index is 0.342. The Morgan fingerprint density at radius 2 is 1.92 bits per heavy atom. The zero-order valence-electron chi connectivity index (χ0n) is 14.2. The predicted molar refractivity (Wildman–Crippen MR) is 102 cm³/mol. The number of nitrogens with one attached hydrogen (secondary N) is 2. The summed E-state index contributed by atoms with van der Waals surface area (Å²) in [5, 5.41) is 10.8. The quantitative estimate of drug-likeness (QED) is 0.529. The molecule has 0 aliphatic heterocycles. The van der Waals surface area contributed by atoms with Gasteiger partial charge in [0.25, 0.3) is 5.91 Å². The van der Waals surface area contributed by atoms with Crippen molar-refractivity contribution in [3.63, 3.8) is 0 Å². The molecular formula is C20H18N4O2. The third-order valence-corrected chi connectivity index (χ3v) is 3.63. The van der Waals surface area contributed by atoms with Crippen molar-refractivity contribution in [1.29, 1.82) is 0 Å². The maximum absolute atomic E-state index is 12.1. The van der Waals surface area contributed by atoms with Crippen LogP contribution in [0.15, 0.2) is 71.8 Å². The van der Waals surface area contributed by atoms with Gasteiger partial charge in [-0.15, -0.1) is 0 Å². The first-order valence-corrected chi connectivity index (χ1v) is 8.02. The van der Waals surface area contributed by atoms with Crippen LogP contribution >= 0.6 is 0 Å². The molecule has 0 bridgehead atoms. The van der Waals surface area contributed by atoms with Gasteiger partial charge in [-0.1, -0.05) is 48.5 Å². The minimum Gasteiger partial charge on any atom is -0.496 e. The number of amides is 1. The molecule has 26 heavy (non-hydrogen) atoms. The maximum atomic E-state index is 12.1. The van der Waals surface area contributed by atoms with Gasteiger partial charge in [0.2, 0.25) is 0 Å². The lowest BCUT2D eigenvalue weighted by molar-refractivity contribution is 0.0950. The van der Waals surface area contributed by atoms with Gasteiger partial charge in [0.05, 0.1) is 12.8 Å². The van der Waals surface area contributed by atoms with E-state index in [1.165, 1.54) is 6.21 Å². The van der Waals surface area contributed by atoms with Gasteiger partial charge in [-0.2, -0.15) is 10.2 Å². The molecule has 6 nitrogen and oxygen atoms in total. The molecule has 1 amide bonds. The van der Waals surface area contributed by atoms with E-state index in [1.807, 2.05) is 60.7 Å². The van der Waals surface area contributed by atoms with Crippen molar-refractivity contribution >= 4 is 18.2 Å². The normalized spacial score (nSPS) is 11.1. The number of allylic oxidation sites excluding steroid dienone is 1. The highest BCUT2D eigenvalue weighted by Gasteiger charge is 2.09. The number of carbonyl (C=O) groups excluding carboxylic acids is 1. The summed E-state index contributed by atoms with van der Waals surface area (Å²) in [6.07, 6.45) is 5.07. The summed E-state index contributed by atoms with van der Waals surface area (Å²) < 4.78 is 5.26. The Hall–Kier alpha value is -3.67. The molecule has 0 saturated carbocycles. The van der Waals surface area contributed by atoms with Crippen LogP contribution in [0.1, 0.15) is 16.1 Å². The Morgan fingerprint density at radius 1 is 1.15 bits per heavy atom. The van der Waals surface area contributed by atoms with Gasteiger partial charge in [0, 0.05) is 17.3 Å². The molecule has 6 heteroatoms. The second-order valence-corrected chi connectivity index (χ2v) is 5.35. The minimum atomic E-state index is -0.360. The van der Waals surface area contributed by atoms with E-state index in [1.54, 1.807) is 19.3 Å². The fraction of sp³-hybridized carbons (Fsp3) is 0.0500. The summed E-state index contributed by atoms with van der Waals surface area (Å²) in [6, 6.07) is 18.9. The number of hydrogen-bond donors (Lipinski definition) is 2. The first-order chi connectivity index (χ1) is 12.8. The molecule has 3 aromatic rings. The van der Waals surface area contributed by atoms with E-state index in [-0.39, 0.29) is 5.91 Å².